The molecule has 52 heavy (non-hydrogen) atoms. The summed E-state index contributed by atoms with van der Waals surface area (Å²) in [6.45, 7) is 12.1. The van der Waals surface area contributed by atoms with Crippen LogP contribution in [0, 0.1) is 0 Å². The van der Waals surface area contributed by atoms with Crippen molar-refractivity contribution in [2.24, 2.45) is 7.05 Å². The fraction of sp³-hybridized carbons (Fsp3) is 0.385. The van der Waals surface area contributed by atoms with E-state index in [2.05, 4.69) is 72.1 Å². The van der Waals surface area contributed by atoms with Gasteiger partial charge in [-0.1, -0.05) is 44.2 Å². The monoisotopic (exact) mass is 723 g/mol. The Morgan fingerprint density at radius 1 is 1.06 bits per heavy atom. The minimum Gasteiger partial charge on any atom is -0.475 e. The van der Waals surface area contributed by atoms with Crippen molar-refractivity contribution in [3.05, 3.63) is 78.8 Å². The van der Waals surface area contributed by atoms with Gasteiger partial charge in [-0.3, -0.25) is 24.3 Å². The Balaban J connectivity index is 0.000000197. The molecule has 5 aromatic rings. The number of thioether (sulfide) groups is 1. The van der Waals surface area contributed by atoms with Gasteiger partial charge in [-0.2, -0.15) is 22.0 Å². The summed E-state index contributed by atoms with van der Waals surface area (Å²) in [6.07, 6.45) is 10.6. The number of nitrogens with one attached hydrogen (secondary N) is 2. The number of carbonyl (C=O) groups excluding carboxylic acids is 2. The van der Waals surface area contributed by atoms with Gasteiger partial charge in [0.05, 0.1) is 18.2 Å². The summed E-state index contributed by atoms with van der Waals surface area (Å²) in [7, 11) is 1.87. The van der Waals surface area contributed by atoms with Gasteiger partial charge in [-0.15, -0.1) is 0 Å². The first-order chi connectivity index (χ1) is 25.3. The van der Waals surface area contributed by atoms with Gasteiger partial charge in [-0.05, 0) is 74.9 Å². The number of rotatable bonds is 10. The molecule has 1 saturated heterocycles. The van der Waals surface area contributed by atoms with Crippen LogP contribution < -0.4 is 10.1 Å². The van der Waals surface area contributed by atoms with Crippen LogP contribution in [0.25, 0.3) is 39.1 Å². The lowest BCUT2D eigenvalue weighted by Gasteiger charge is -2.28. The zero-order valence-electron chi connectivity index (χ0n) is 30.9. The molecule has 2 aliphatic heterocycles. The average Bonchev–Trinajstić information content (AvgIpc) is 3.93. The first-order valence-corrected chi connectivity index (χ1v) is 19.1. The van der Waals surface area contributed by atoms with E-state index in [-0.39, 0.29) is 12.0 Å². The quantitative estimate of drug-likeness (QED) is 0.154. The molecule has 1 fully saturated rings. The molecule has 0 aliphatic carbocycles. The predicted molar refractivity (Wildman–Crippen MR) is 210 cm³/mol. The van der Waals surface area contributed by atoms with E-state index in [1.54, 1.807) is 17.2 Å². The Morgan fingerprint density at radius 3 is 2.44 bits per heavy atom. The molecule has 12 nitrogen and oxygen atoms in total. The summed E-state index contributed by atoms with van der Waals surface area (Å²) in [5.74, 6) is 1.59. The number of hydrogen-bond acceptors (Lipinski definition) is 9. The number of aromatic nitrogens is 6. The highest BCUT2D eigenvalue weighted by atomic mass is 32.2. The third kappa shape index (κ3) is 9.86. The highest BCUT2D eigenvalue weighted by molar-refractivity contribution is 7.99. The number of ether oxygens (including phenoxy) is 1. The Labute approximate surface area is 310 Å². The minimum atomic E-state index is 0.0848. The van der Waals surface area contributed by atoms with Crippen molar-refractivity contribution >= 4 is 46.2 Å². The summed E-state index contributed by atoms with van der Waals surface area (Å²) < 4.78 is 7.25. The number of aromatic amines is 1. The number of carbonyl (C=O) groups is 2. The molecule has 0 spiro atoms. The third-order valence-corrected chi connectivity index (χ3v) is 9.80. The zero-order valence-corrected chi connectivity index (χ0v) is 31.7. The Hall–Kier alpha value is -5.01. The van der Waals surface area contributed by atoms with Gasteiger partial charge in [0.1, 0.15) is 12.0 Å². The second-order valence-corrected chi connectivity index (χ2v) is 13.8. The lowest BCUT2D eigenvalue weighted by Crippen LogP contribution is -2.41. The van der Waals surface area contributed by atoms with Gasteiger partial charge in [-0.25, -0.2) is 9.97 Å². The van der Waals surface area contributed by atoms with Gasteiger partial charge in [0.25, 0.3) is 0 Å². The van der Waals surface area contributed by atoms with Gasteiger partial charge in [0.2, 0.25) is 18.2 Å². The van der Waals surface area contributed by atoms with E-state index in [1.807, 2.05) is 81.7 Å². The number of fused-ring (bicyclic) bond motifs is 1. The van der Waals surface area contributed by atoms with Crippen molar-refractivity contribution < 1.29 is 14.3 Å². The molecular formula is C39H49N9O3S. The molecule has 13 heteroatoms. The third-order valence-electron chi connectivity index (χ3n) is 8.75. The number of amides is 2. The molecule has 2 N–H and O–H groups in total. The number of benzene rings is 2. The summed E-state index contributed by atoms with van der Waals surface area (Å²) in [6, 6.07) is 17.7. The van der Waals surface area contributed by atoms with E-state index in [1.165, 1.54) is 17.6 Å². The maximum absolute atomic E-state index is 12.6. The van der Waals surface area contributed by atoms with Crippen LogP contribution in [0.2, 0.25) is 0 Å². The topological polar surface area (TPSA) is 134 Å². The summed E-state index contributed by atoms with van der Waals surface area (Å²) in [4.78, 5) is 36.1. The van der Waals surface area contributed by atoms with E-state index in [0.717, 1.165) is 65.3 Å². The first-order valence-electron chi connectivity index (χ1n) is 17.8. The van der Waals surface area contributed by atoms with Gasteiger partial charge in [0, 0.05) is 66.4 Å². The van der Waals surface area contributed by atoms with E-state index in [0.29, 0.717) is 30.6 Å². The van der Waals surface area contributed by atoms with Crippen LogP contribution in [0.4, 0.5) is 5.69 Å². The maximum Gasteiger partial charge on any atom is 0.237 e. The van der Waals surface area contributed by atoms with E-state index < -0.39 is 0 Å². The molecule has 3 aromatic heterocycles. The second-order valence-electron chi connectivity index (χ2n) is 12.7. The number of H-pyrrole nitrogens is 1. The largest absolute Gasteiger partial charge is 0.475 e. The lowest BCUT2D eigenvalue weighted by molar-refractivity contribution is -0.131. The Morgan fingerprint density at radius 2 is 1.83 bits per heavy atom. The molecule has 2 amide bonds. The van der Waals surface area contributed by atoms with Crippen LogP contribution in [-0.4, -0.2) is 102 Å². The number of anilines is 1. The molecule has 2 aromatic carbocycles. The van der Waals surface area contributed by atoms with Crippen LogP contribution >= 0.6 is 11.8 Å². The molecule has 0 saturated carbocycles. The highest BCUT2D eigenvalue weighted by Crippen LogP contribution is 2.29. The van der Waals surface area contributed by atoms with Gasteiger partial charge < -0.3 is 15.0 Å². The van der Waals surface area contributed by atoms with Gasteiger partial charge >= 0.3 is 0 Å². The normalized spacial score (nSPS) is 15.7. The van der Waals surface area contributed by atoms with E-state index in [4.69, 9.17) is 4.74 Å². The summed E-state index contributed by atoms with van der Waals surface area (Å²) in [5.41, 5.74) is 6.83. The van der Waals surface area contributed by atoms with E-state index in [9.17, 15) is 9.59 Å². The second kappa shape index (κ2) is 18.5. The van der Waals surface area contributed by atoms with Crippen LogP contribution in [0.3, 0.4) is 0 Å². The van der Waals surface area contributed by atoms with Gasteiger partial charge in [0.15, 0.2) is 5.82 Å². The number of nitrogens with zero attached hydrogens (tertiary/aromatic N) is 7. The molecule has 0 bridgehead atoms. The maximum atomic E-state index is 12.6. The number of pyridine rings is 1. The van der Waals surface area contributed by atoms with Crippen molar-refractivity contribution in [1.29, 1.82) is 0 Å². The number of aryl methyl sites for hydroxylation is 1. The average molecular weight is 724 g/mol. The fourth-order valence-electron chi connectivity index (χ4n) is 6.11. The Kier molecular flexibility index (Phi) is 13.6. The highest BCUT2D eigenvalue weighted by Gasteiger charge is 2.26. The molecule has 7 rings (SSSR count). The molecular weight excluding hydrogens is 675 g/mol. The van der Waals surface area contributed by atoms with Crippen LogP contribution in [-0.2, 0) is 16.6 Å². The number of likely N-dealkylation sites (tertiary alicyclic amines) is 1. The van der Waals surface area contributed by atoms with Crippen molar-refractivity contribution in [1.82, 2.24) is 39.7 Å². The molecule has 0 unspecified atom stereocenters. The first kappa shape index (κ1) is 38.2. The van der Waals surface area contributed by atoms with E-state index >= 15 is 0 Å². The fourth-order valence-corrected chi connectivity index (χ4v) is 6.81. The minimum absolute atomic E-state index is 0.0848. The molecule has 274 valence electrons. The van der Waals surface area contributed by atoms with Crippen molar-refractivity contribution in [3.63, 3.8) is 0 Å². The zero-order chi connectivity index (χ0) is 37.0. The number of hydrogen-bond donors (Lipinski definition) is 2. The van der Waals surface area contributed by atoms with Crippen molar-refractivity contribution in [3.8, 4) is 28.5 Å². The van der Waals surface area contributed by atoms with Crippen molar-refractivity contribution in [2.45, 2.75) is 51.9 Å². The van der Waals surface area contributed by atoms with Crippen molar-refractivity contribution in [2.75, 3.05) is 44.3 Å². The lowest BCUT2D eigenvalue weighted by atomic mass is 9.98. The SMILES string of the molecule is CC.CC(C)Oc1ccc(-c2n[nH]c3ccc(NC=O)cc23)cn1.CS[C@H]1CCN(CC(=O)N2CC=C(c3ccc(-c4ncn(C)n4)cc3)CC2)C1. The standard InChI is InChI=1S/C21H27N5OS.C16H16N4O2.C2H6/c1-24-15-22-21(23-24)18-5-3-16(4-6-18)17-7-11-26(12-8-17)20(27)14-25-10-9-19(13-25)28-2;1-10(2)22-15-6-3-11(8-17-15)16-13-7-12(18-9-21)4-5-14(13)19-20-16;1-2/h3-7,15,19H,8-14H2,1-2H3;3-10H,1-2H3,(H,18,21)(H,19,20);1-2H3/t19-;;/m0../s1. The van der Waals surface area contributed by atoms with Crippen LogP contribution in [0.15, 0.2) is 73.2 Å². The predicted octanol–water partition coefficient (Wildman–Crippen LogP) is 6.54. The molecule has 5 heterocycles. The smallest absolute Gasteiger partial charge is 0.237 e. The molecule has 1 atom stereocenters. The summed E-state index contributed by atoms with van der Waals surface area (Å²) >= 11 is 1.91. The summed E-state index contributed by atoms with van der Waals surface area (Å²) in [5, 5.41) is 15.9. The van der Waals surface area contributed by atoms with Crippen LogP contribution in [0.1, 0.15) is 46.1 Å². The van der Waals surface area contributed by atoms with Crippen LogP contribution in [0.5, 0.6) is 5.88 Å². The Bertz CT molecular complexity index is 1940. The molecule has 2 aliphatic rings. The molecule has 0 radical (unpaired) electrons.